The summed E-state index contributed by atoms with van der Waals surface area (Å²) in [4.78, 5) is 2.34. The molecule has 0 aliphatic heterocycles. The SMILES string of the molecule is c1ccc(-c2cccc3c2oc2c(N(c4ccc(-c5ccc6c(c5)oc5ccccc56)cc4)c4ccc5c(c4)sc4ccccc45)cccc23)cc1. The van der Waals surface area contributed by atoms with Gasteiger partial charge in [0.05, 0.1) is 5.69 Å². The van der Waals surface area contributed by atoms with Gasteiger partial charge in [-0.15, -0.1) is 11.3 Å². The van der Waals surface area contributed by atoms with Gasteiger partial charge in [-0.2, -0.15) is 0 Å². The Kier molecular flexibility index (Phi) is 6.42. The third-order valence-corrected chi connectivity index (χ3v) is 11.4. The van der Waals surface area contributed by atoms with Crippen molar-refractivity contribution in [2.24, 2.45) is 0 Å². The fraction of sp³-hybridized carbons (Fsp3) is 0. The molecule has 4 heteroatoms. The molecule has 0 aliphatic carbocycles. The predicted molar refractivity (Wildman–Crippen MR) is 219 cm³/mol. The standard InChI is InChI=1S/C48H29NO2S/c1-2-10-31(11-3-1)35-14-8-15-40-41-16-9-17-42(48(41)51-47(35)40)49(34-25-27-39-38-13-5-7-19-45(38)52-46(39)29-34)33-23-20-30(21-24-33)32-22-26-37-36-12-4-6-18-43(36)50-44(37)28-32/h1-29H. The van der Waals surface area contributed by atoms with Gasteiger partial charge in [0, 0.05) is 58.7 Å². The van der Waals surface area contributed by atoms with Crippen LogP contribution < -0.4 is 4.90 Å². The van der Waals surface area contributed by atoms with E-state index in [0.717, 1.165) is 83.2 Å². The summed E-state index contributed by atoms with van der Waals surface area (Å²) in [6, 6.07) is 62.4. The molecule has 11 rings (SSSR count). The van der Waals surface area contributed by atoms with Gasteiger partial charge in [0.1, 0.15) is 16.7 Å². The maximum atomic E-state index is 6.94. The lowest BCUT2D eigenvalue weighted by molar-refractivity contribution is 0.669. The van der Waals surface area contributed by atoms with Crippen molar-refractivity contribution >= 4 is 92.4 Å². The van der Waals surface area contributed by atoms with Crippen LogP contribution in [0, 0.1) is 0 Å². The van der Waals surface area contributed by atoms with Crippen LogP contribution in [0.1, 0.15) is 0 Å². The van der Waals surface area contributed by atoms with Gasteiger partial charge in [0.25, 0.3) is 0 Å². The first-order valence-electron chi connectivity index (χ1n) is 17.5. The van der Waals surface area contributed by atoms with Crippen LogP contribution in [0.5, 0.6) is 0 Å². The van der Waals surface area contributed by atoms with Crippen molar-refractivity contribution in [2.45, 2.75) is 0 Å². The third kappa shape index (κ3) is 4.51. The quantitative estimate of drug-likeness (QED) is 0.181. The fourth-order valence-corrected chi connectivity index (χ4v) is 8.95. The zero-order valence-electron chi connectivity index (χ0n) is 27.9. The second kappa shape index (κ2) is 11.5. The molecule has 244 valence electrons. The van der Waals surface area contributed by atoms with E-state index in [4.69, 9.17) is 8.83 Å². The normalized spacial score (nSPS) is 11.8. The van der Waals surface area contributed by atoms with E-state index in [1.54, 1.807) is 0 Å². The third-order valence-electron chi connectivity index (χ3n) is 10.3. The van der Waals surface area contributed by atoms with Gasteiger partial charge in [-0.3, -0.25) is 0 Å². The number of benzene rings is 8. The minimum Gasteiger partial charge on any atom is -0.456 e. The van der Waals surface area contributed by atoms with Crippen LogP contribution in [0.15, 0.2) is 185 Å². The Hall–Kier alpha value is -6.62. The maximum Gasteiger partial charge on any atom is 0.159 e. The zero-order valence-corrected chi connectivity index (χ0v) is 28.7. The number of furan rings is 2. The predicted octanol–water partition coefficient (Wildman–Crippen LogP) is 14.7. The van der Waals surface area contributed by atoms with Gasteiger partial charge in [0.2, 0.25) is 0 Å². The Bertz CT molecular complexity index is 3130. The summed E-state index contributed by atoms with van der Waals surface area (Å²) < 4.78 is 15.7. The topological polar surface area (TPSA) is 29.5 Å². The van der Waals surface area contributed by atoms with Crippen LogP contribution >= 0.6 is 11.3 Å². The van der Waals surface area contributed by atoms with E-state index in [1.807, 2.05) is 29.5 Å². The summed E-state index contributed by atoms with van der Waals surface area (Å²) in [5.41, 5.74) is 11.1. The summed E-state index contributed by atoms with van der Waals surface area (Å²) in [6.45, 7) is 0. The van der Waals surface area contributed by atoms with E-state index in [9.17, 15) is 0 Å². The van der Waals surface area contributed by atoms with E-state index in [2.05, 4.69) is 163 Å². The van der Waals surface area contributed by atoms with Crippen molar-refractivity contribution in [2.75, 3.05) is 4.90 Å². The maximum absolute atomic E-state index is 6.94. The molecule has 0 saturated heterocycles. The molecule has 0 bridgehead atoms. The highest BCUT2D eigenvalue weighted by molar-refractivity contribution is 7.25. The number of rotatable bonds is 5. The van der Waals surface area contributed by atoms with Crippen LogP contribution in [-0.4, -0.2) is 0 Å². The summed E-state index contributed by atoms with van der Waals surface area (Å²) in [7, 11) is 0. The average molecular weight is 684 g/mol. The minimum atomic E-state index is 0.858. The van der Waals surface area contributed by atoms with Crippen LogP contribution in [-0.2, 0) is 0 Å². The smallest absolute Gasteiger partial charge is 0.159 e. The van der Waals surface area contributed by atoms with Crippen molar-refractivity contribution in [1.82, 2.24) is 0 Å². The van der Waals surface area contributed by atoms with E-state index in [-0.39, 0.29) is 0 Å². The number of anilines is 3. The minimum absolute atomic E-state index is 0.858. The number of hydrogen-bond donors (Lipinski definition) is 0. The molecule has 3 heterocycles. The molecule has 0 amide bonds. The zero-order chi connectivity index (χ0) is 34.2. The molecule has 0 unspecified atom stereocenters. The molecular weight excluding hydrogens is 655 g/mol. The first kappa shape index (κ1) is 29.1. The monoisotopic (exact) mass is 683 g/mol. The van der Waals surface area contributed by atoms with E-state index < -0.39 is 0 Å². The van der Waals surface area contributed by atoms with Gasteiger partial charge in [-0.1, -0.05) is 121 Å². The summed E-state index contributed by atoms with van der Waals surface area (Å²) in [5, 5.41) is 7.03. The largest absolute Gasteiger partial charge is 0.456 e. The Morgan fingerprint density at radius 2 is 1.02 bits per heavy atom. The highest BCUT2D eigenvalue weighted by atomic mass is 32.1. The second-order valence-electron chi connectivity index (χ2n) is 13.3. The van der Waals surface area contributed by atoms with Crippen LogP contribution in [0.25, 0.3) is 86.3 Å². The molecule has 0 fully saturated rings. The Balaban J connectivity index is 1.09. The first-order chi connectivity index (χ1) is 25.8. The molecule has 52 heavy (non-hydrogen) atoms. The molecule has 8 aromatic carbocycles. The van der Waals surface area contributed by atoms with Crippen LogP contribution in [0.2, 0.25) is 0 Å². The van der Waals surface area contributed by atoms with E-state index in [0.29, 0.717) is 0 Å². The molecule has 0 spiro atoms. The average Bonchev–Trinajstić information content (AvgIpc) is 3.90. The van der Waals surface area contributed by atoms with Crippen LogP contribution in [0.4, 0.5) is 17.1 Å². The molecule has 0 radical (unpaired) electrons. The Morgan fingerprint density at radius 1 is 0.365 bits per heavy atom. The number of nitrogens with zero attached hydrogens (tertiary/aromatic N) is 1. The first-order valence-corrected chi connectivity index (χ1v) is 18.3. The Labute approximate surface area is 303 Å². The van der Waals surface area contributed by atoms with Crippen molar-refractivity contribution in [1.29, 1.82) is 0 Å². The summed E-state index contributed by atoms with van der Waals surface area (Å²) in [5.74, 6) is 0. The molecule has 0 saturated carbocycles. The van der Waals surface area contributed by atoms with E-state index in [1.165, 1.54) is 20.2 Å². The lowest BCUT2D eigenvalue weighted by Gasteiger charge is -2.26. The van der Waals surface area contributed by atoms with Crippen molar-refractivity contribution in [3.8, 4) is 22.3 Å². The lowest BCUT2D eigenvalue weighted by atomic mass is 10.0. The summed E-state index contributed by atoms with van der Waals surface area (Å²) in [6.07, 6.45) is 0. The van der Waals surface area contributed by atoms with Crippen molar-refractivity contribution < 1.29 is 8.83 Å². The van der Waals surface area contributed by atoms with Gasteiger partial charge < -0.3 is 13.7 Å². The van der Waals surface area contributed by atoms with Gasteiger partial charge in [-0.25, -0.2) is 0 Å². The number of fused-ring (bicyclic) bond motifs is 9. The fourth-order valence-electron chi connectivity index (χ4n) is 7.82. The van der Waals surface area contributed by atoms with Crippen molar-refractivity contribution in [3.05, 3.63) is 176 Å². The molecule has 0 aliphatic rings. The van der Waals surface area contributed by atoms with Crippen molar-refractivity contribution in [3.63, 3.8) is 0 Å². The number of thiophene rings is 1. The van der Waals surface area contributed by atoms with Crippen LogP contribution in [0.3, 0.4) is 0 Å². The number of para-hydroxylation sites is 3. The summed E-state index contributed by atoms with van der Waals surface area (Å²) >= 11 is 1.83. The number of hydrogen-bond acceptors (Lipinski definition) is 4. The highest BCUT2D eigenvalue weighted by Gasteiger charge is 2.22. The lowest BCUT2D eigenvalue weighted by Crippen LogP contribution is -2.10. The Morgan fingerprint density at radius 3 is 1.90 bits per heavy atom. The molecule has 3 aromatic heterocycles. The molecule has 0 atom stereocenters. The van der Waals surface area contributed by atoms with Gasteiger partial charge in [0.15, 0.2) is 5.58 Å². The molecular formula is C48H29NO2S. The second-order valence-corrected chi connectivity index (χ2v) is 14.4. The molecule has 0 N–H and O–H groups in total. The highest BCUT2D eigenvalue weighted by Crippen LogP contribution is 2.46. The van der Waals surface area contributed by atoms with Gasteiger partial charge in [-0.05, 0) is 71.3 Å². The molecule has 3 nitrogen and oxygen atoms in total. The van der Waals surface area contributed by atoms with Gasteiger partial charge >= 0.3 is 0 Å². The van der Waals surface area contributed by atoms with E-state index >= 15 is 0 Å². The molecule has 11 aromatic rings.